The molecule has 0 aliphatic heterocycles. The first-order valence-corrected chi connectivity index (χ1v) is 5.50. The lowest BCUT2D eigenvalue weighted by Gasteiger charge is -2.17. The van der Waals surface area contributed by atoms with E-state index < -0.39 is 4.92 Å². The molecule has 0 radical (unpaired) electrons. The molecule has 1 rings (SSSR count). The summed E-state index contributed by atoms with van der Waals surface area (Å²) in [4.78, 5) is 19.2. The summed E-state index contributed by atoms with van der Waals surface area (Å²) in [6, 6.07) is 0. The molecule has 0 aromatic carbocycles. The van der Waals surface area contributed by atoms with Crippen LogP contribution in [0.4, 0.5) is 11.5 Å². The Balaban J connectivity index is 2.76. The quantitative estimate of drug-likeness (QED) is 0.334. The van der Waals surface area contributed by atoms with Crippen LogP contribution in [0.25, 0.3) is 0 Å². The van der Waals surface area contributed by atoms with Gasteiger partial charge in [0.2, 0.25) is 11.0 Å². The van der Waals surface area contributed by atoms with Crippen LogP contribution in [-0.4, -0.2) is 53.4 Å². The van der Waals surface area contributed by atoms with Crippen molar-refractivity contribution < 1.29 is 14.8 Å². The third-order valence-corrected chi connectivity index (χ3v) is 2.39. The summed E-state index contributed by atoms with van der Waals surface area (Å²) < 4.78 is 5.07. The predicted molar refractivity (Wildman–Crippen MR) is 64.9 cm³/mol. The Kier molecular flexibility index (Phi) is 5.69. The molecule has 1 aromatic rings. The van der Waals surface area contributed by atoms with Crippen molar-refractivity contribution in [3.8, 4) is 0 Å². The van der Waals surface area contributed by atoms with E-state index in [4.69, 9.17) is 21.4 Å². The normalized spacial score (nSPS) is 10.4. The maximum Gasteiger partial charge on any atom is 0.348 e. The molecule has 1 N–H and O–H groups in total. The minimum absolute atomic E-state index is 0.0663. The first-order chi connectivity index (χ1) is 8.57. The minimum Gasteiger partial charge on any atom is -0.394 e. The van der Waals surface area contributed by atoms with E-state index in [1.165, 1.54) is 0 Å². The summed E-state index contributed by atoms with van der Waals surface area (Å²) >= 11 is 5.67. The van der Waals surface area contributed by atoms with Crippen LogP contribution in [-0.2, 0) is 4.74 Å². The number of ether oxygens (including phenoxy) is 1. The summed E-state index contributed by atoms with van der Waals surface area (Å²) in [6.45, 7) is 0.855. The zero-order valence-corrected chi connectivity index (χ0v) is 10.5. The van der Waals surface area contributed by atoms with E-state index >= 15 is 0 Å². The summed E-state index contributed by atoms with van der Waals surface area (Å²) in [7, 11) is 1.63. The van der Waals surface area contributed by atoms with Crippen LogP contribution in [0.5, 0.6) is 0 Å². The molecule has 0 saturated heterocycles. The first kappa shape index (κ1) is 14.6. The van der Waals surface area contributed by atoms with Crippen molar-refractivity contribution in [1.29, 1.82) is 0 Å². The molecular formula is C9H13ClN4O4. The molecule has 0 fully saturated rings. The number of aliphatic hydroxyl groups excluding tert-OH is 1. The monoisotopic (exact) mass is 276 g/mol. The first-order valence-electron chi connectivity index (χ1n) is 5.12. The number of nitro groups is 1. The molecule has 1 heterocycles. The second kappa shape index (κ2) is 7.04. The van der Waals surface area contributed by atoms with Gasteiger partial charge in [0.05, 0.1) is 24.7 Å². The number of hydrogen-bond donors (Lipinski definition) is 1. The van der Waals surface area contributed by atoms with Crippen molar-refractivity contribution in [2.75, 3.05) is 38.3 Å². The molecule has 0 amide bonds. The largest absolute Gasteiger partial charge is 0.394 e. The van der Waals surface area contributed by atoms with Gasteiger partial charge >= 0.3 is 5.69 Å². The highest BCUT2D eigenvalue weighted by atomic mass is 35.5. The van der Waals surface area contributed by atoms with Gasteiger partial charge in [-0.2, -0.15) is 0 Å². The van der Waals surface area contributed by atoms with Crippen molar-refractivity contribution in [2.45, 2.75) is 0 Å². The molecule has 0 saturated carbocycles. The van der Waals surface area contributed by atoms with Gasteiger partial charge in [0, 0.05) is 13.6 Å². The van der Waals surface area contributed by atoms with Gasteiger partial charge in [-0.1, -0.05) is 11.6 Å². The van der Waals surface area contributed by atoms with E-state index in [1.807, 2.05) is 0 Å². The zero-order chi connectivity index (χ0) is 13.5. The van der Waals surface area contributed by atoms with Gasteiger partial charge < -0.3 is 14.7 Å². The molecule has 0 aliphatic rings. The van der Waals surface area contributed by atoms with E-state index in [0.717, 1.165) is 6.33 Å². The number of likely N-dealkylation sites (N-methyl/N-ethyl adjacent to an activating group) is 1. The van der Waals surface area contributed by atoms with Gasteiger partial charge in [-0.3, -0.25) is 10.1 Å². The lowest BCUT2D eigenvalue weighted by molar-refractivity contribution is -0.384. The second-order valence-corrected chi connectivity index (χ2v) is 3.71. The number of halogens is 1. The van der Waals surface area contributed by atoms with E-state index in [1.54, 1.807) is 11.9 Å². The average Bonchev–Trinajstić information content (AvgIpc) is 2.33. The Hall–Kier alpha value is -1.51. The lowest BCUT2D eigenvalue weighted by atomic mass is 10.4. The maximum absolute atomic E-state index is 10.9. The van der Waals surface area contributed by atoms with Crippen molar-refractivity contribution in [2.24, 2.45) is 0 Å². The lowest BCUT2D eigenvalue weighted by Crippen LogP contribution is -2.25. The van der Waals surface area contributed by atoms with E-state index in [-0.39, 0.29) is 29.9 Å². The molecule has 0 bridgehead atoms. The van der Waals surface area contributed by atoms with Crippen molar-refractivity contribution in [3.63, 3.8) is 0 Å². The highest BCUT2D eigenvalue weighted by Crippen LogP contribution is 2.30. The Labute approximate surface area is 108 Å². The predicted octanol–water partition coefficient (Wildman–Crippen LogP) is 0.483. The number of aromatic nitrogens is 2. The molecule has 1 aromatic heterocycles. The summed E-state index contributed by atoms with van der Waals surface area (Å²) in [5, 5.41) is 19.2. The van der Waals surface area contributed by atoms with Crippen LogP contribution >= 0.6 is 11.6 Å². The molecule has 8 nitrogen and oxygen atoms in total. The van der Waals surface area contributed by atoms with Crippen molar-refractivity contribution in [1.82, 2.24) is 9.97 Å². The van der Waals surface area contributed by atoms with Crippen LogP contribution in [0.1, 0.15) is 0 Å². The van der Waals surface area contributed by atoms with Gasteiger partial charge in [0.1, 0.15) is 6.33 Å². The topological polar surface area (TPSA) is 102 Å². The van der Waals surface area contributed by atoms with E-state index in [0.29, 0.717) is 13.2 Å². The maximum atomic E-state index is 10.9. The van der Waals surface area contributed by atoms with Gasteiger partial charge in [-0.25, -0.2) is 9.97 Å². The van der Waals surface area contributed by atoms with Crippen LogP contribution in [0, 0.1) is 10.1 Å². The summed E-state index contributed by atoms with van der Waals surface area (Å²) in [6.07, 6.45) is 1.16. The average molecular weight is 277 g/mol. The minimum atomic E-state index is -0.622. The fourth-order valence-electron chi connectivity index (χ4n) is 1.26. The standard InChI is InChI=1S/C9H13ClN4O4/c1-13(2-4-18-5-3-15)9-7(14(16)17)8(10)11-6-12-9/h6,15H,2-5H2,1H3. The number of anilines is 1. The van der Waals surface area contributed by atoms with Crippen LogP contribution < -0.4 is 4.90 Å². The fraction of sp³-hybridized carbons (Fsp3) is 0.556. The van der Waals surface area contributed by atoms with E-state index in [2.05, 4.69) is 9.97 Å². The Bertz CT molecular complexity index is 418. The highest BCUT2D eigenvalue weighted by molar-refractivity contribution is 6.31. The Morgan fingerprint density at radius 2 is 2.28 bits per heavy atom. The van der Waals surface area contributed by atoms with Gasteiger partial charge in [0.15, 0.2) is 0 Å². The van der Waals surface area contributed by atoms with Gasteiger partial charge in [0.25, 0.3) is 0 Å². The molecule has 18 heavy (non-hydrogen) atoms. The second-order valence-electron chi connectivity index (χ2n) is 3.35. The van der Waals surface area contributed by atoms with Crippen LogP contribution in [0.2, 0.25) is 5.15 Å². The highest BCUT2D eigenvalue weighted by Gasteiger charge is 2.23. The van der Waals surface area contributed by atoms with Crippen LogP contribution in [0.3, 0.4) is 0 Å². The van der Waals surface area contributed by atoms with Gasteiger partial charge in [-0.05, 0) is 0 Å². The number of nitrogens with zero attached hydrogens (tertiary/aromatic N) is 4. The SMILES string of the molecule is CN(CCOCCO)c1ncnc(Cl)c1[N+](=O)[O-]. The van der Waals surface area contributed by atoms with Gasteiger partial charge in [-0.15, -0.1) is 0 Å². The molecule has 0 unspecified atom stereocenters. The van der Waals surface area contributed by atoms with Crippen molar-refractivity contribution in [3.05, 3.63) is 21.6 Å². The number of hydrogen-bond acceptors (Lipinski definition) is 7. The third-order valence-electron chi connectivity index (χ3n) is 2.11. The summed E-state index contributed by atoms with van der Waals surface area (Å²) in [5.41, 5.74) is -0.330. The number of aliphatic hydroxyl groups is 1. The summed E-state index contributed by atoms with van der Waals surface area (Å²) in [5.74, 6) is 0.132. The molecule has 9 heteroatoms. The zero-order valence-electron chi connectivity index (χ0n) is 9.74. The van der Waals surface area contributed by atoms with Crippen molar-refractivity contribution >= 4 is 23.1 Å². The molecule has 100 valence electrons. The Morgan fingerprint density at radius 1 is 1.56 bits per heavy atom. The van der Waals surface area contributed by atoms with E-state index in [9.17, 15) is 10.1 Å². The fourth-order valence-corrected chi connectivity index (χ4v) is 1.46. The smallest absolute Gasteiger partial charge is 0.348 e. The molecular weight excluding hydrogens is 264 g/mol. The number of rotatable bonds is 7. The third kappa shape index (κ3) is 3.76. The Morgan fingerprint density at radius 3 is 2.89 bits per heavy atom. The molecule has 0 aliphatic carbocycles. The molecule has 0 atom stereocenters. The molecule has 0 spiro atoms. The van der Waals surface area contributed by atoms with Crippen LogP contribution in [0.15, 0.2) is 6.33 Å².